The highest BCUT2D eigenvalue weighted by molar-refractivity contribution is 7.99. The summed E-state index contributed by atoms with van der Waals surface area (Å²) in [5.41, 5.74) is 5.64. The van der Waals surface area contributed by atoms with Crippen molar-refractivity contribution < 1.29 is 18.3 Å². The largest absolute Gasteiger partial charge is 0.377 e. The molecule has 7 heteroatoms. The SMILES string of the molecule is CC1(C)C2OCCCC2C1(N)C(=O)Nc1ccc(SC(F)F)cc1. The Hall–Kier alpha value is -1.18. The van der Waals surface area contributed by atoms with Gasteiger partial charge in [0.25, 0.3) is 5.76 Å². The molecule has 1 saturated carbocycles. The Morgan fingerprint density at radius 1 is 1.38 bits per heavy atom. The van der Waals surface area contributed by atoms with Gasteiger partial charge in [-0.25, -0.2) is 0 Å². The Balaban J connectivity index is 1.72. The Kier molecular flexibility index (Phi) is 4.61. The van der Waals surface area contributed by atoms with Crippen LogP contribution in [0.3, 0.4) is 0 Å². The molecule has 3 N–H and O–H groups in total. The molecule has 1 amide bonds. The number of ether oxygens (including phenoxy) is 1. The highest BCUT2D eigenvalue weighted by Gasteiger charge is 2.70. The molecule has 4 nitrogen and oxygen atoms in total. The summed E-state index contributed by atoms with van der Waals surface area (Å²) < 4.78 is 30.5. The molecule has 1 aliphatic carbocycles. The normalized spacial score (nSPS) is 31.2. The molecule has 3 unspecified atom stereocenters. The minimum absolute atomic E-state index is 0.00631. The van der Waals surface area contributed by atoms with Crippen molar-refractivity contribution in [3.05, 3.63) is 24.3 Å². The number of alkyl halides is 2. The standard InChI is InChI=1S/C17H22F2N2O2S/c1-16(2)13-12(4-3-9-23-13)17(16,20)14(22)21-10-5-7-11(8-6-10)24-15(18)19/h5-8,12-13,15H,3-4,9,20H2,1-2H3,(H,21,22). The minimum Gasteiger partial charge on any atom is -0.377 e. The summed E-state index contributed by atoms with van der Waals surface area (Å²) in [6.07, 6.45) is 1.79. The summed E-state index contributed by atoms with van der Waals surface area (Å²) in [7, 11) is 0. The summed E-state index contributed by atoms with van der Waals surface area (Å²) in [5, 5.41) is 2.84. The molecule has 2 aliphatic rings. The predicted octanol–water partition coefficient (Wildman–Crippen LogP) is 3.47. The zero-order valence-electron chi connectivity index (χ0n) is 13.7. The third-order valence-electron chi connectivity index (χ3n) is 5.40. The molecule has 0 bridgehead atoms. The number of fused-ring (bicyclic) bond motifs is 1. The highest BCUT2D eigenvalue weighted by atomic mass is 32.2. The van der Waals surface area contributed by atoms with E-state index in [1.807, 2.05) is 13.8 Å². The van der Waals surface area contributed by atoms with Crippen LogP contribution < -0.4 is 11.1 Å². The van der Waals surface area contributed by atoms with E-state index in [1.54, 1.807) is 24.3 Å². The van der Waals surface area contributed by atoms with Crippen molar-refractivity contribution >= 4 is 23.4 Å². The lowest BCUT2D eigenvalue weighted by Crippen LogP contribution is -2.81. The van der Waals surface area contributed by atoms with Crippen molar-refractivity contribution in [3.8, 4) is 0 Å². The Labute approximate surface area is 144 Å². The average Bonchev–Trinajstić information content (AvgIpc) is 2.55. The summed E-state index contributed by atoms with van der Waals surface area (Å²) in [6.45, 7) is 4.63. The van der Waals surface area contributed by atoms with Crippen molar-refractivity contribution in [2.45, 2.75) is 49.0 Å². The molecule has 132 valence electrons. The fourth-order valence-corrected chi connectivity index (χ4v) is 4.49. The van der Waals surface area contributed by atoms with Gasteiger partial charge in [-0.15, -0.1) is 0 Å². The molecule has 24 heavy (non-hydrogen) atoms. The fourth-order valence-electron chi connectivity index (χ4n) is 3.99. The molecule has 1 aliphatic heterocycles. The van der Waals surface area contributed by atoms with E-state index >= 15 is 0 Å². The Morgan fingerprint density at radius 2 is 2.04 bits per heavy atom. The number of rotatable bonds is 4. The van der Waals surface area contributed by atoms with Crippen LogP contribution >= 0.6 is 11.8 Å². The van der Waals surface area contributed by atoms with Gasteiger partial charge in [0.1, 0.15) is 5.54 Å². The highest BCUT2D eigenvalue weighted by Crippen LogP contribution is 2.57. The maximum absolute atomic E-state index is 12.8. The Bertz CT molecular complexity index is 624. The second kappa shape index (κ2) is 6.28. The van der Waals surface area contributed by atoms with Crippen molar-refractivity contribution in [1.82, 2.24) is 0 Å². The lowest BCUT2D eigenvalue weighted by molar-refractivity contribution is -0.222. The topological polar surface area (TPSA) is 64.3 Å². The number of carbonyl (C=O) groups is 1. The fraction of sp³-hybridized carbons (Fsp3) is 0.588. The maximum Gasteiger partial charge on any atom is 0.288 e. The number of thioether (sulfide) groups is 1. The van der Waals surface area contributed by atoms with Crippen LogP contribution in [0.15, 0.2) is 29.2 Å². The molecule has 2 fully saturated rings. The van der Waals surface area contributed by atoms with E-state index in [0.29, 0.717) is 29.0 Å². The number of halogens is 2. The van der Waals surface area contributed by atoms with Crippen molar-refractivity contribution in [2.24, 2.45) is 17.1 Å². The monoisotopic (exact) mass is 356 g/mol. The van der Waals surface area contributed by atoms with Crippen LogP contribution in [0.2, 0.25) is 0 Å². The zero-order chi connectivity index (χ0) is 17.5. The summed E-state index contributed by atoms with van der Waals surface area (Å²) in [5.74, 6) is -2.69. The lowest BCUT2D eigenvalue weighted by Gasteiger charge is -2.65. The van der Waals surface area contributed by atoms with Crippen molar-refractivity contribution in [2.75, 3.05) is 11.9 Å². The molecule has 3 rings (SSSR count). The number of nitrogens with one attached hydrogen (secondary N) is 1. The van der Waals surface area contributed by atoms with E-state index in [4.69, 9.17) is 10.5 Å². The van der Waals surface area contributed by atoms with Crippen LogP contribution in [0, 0.1) is 11.3 Å². The number of amides is 1. The second-order valence-corrected chi connectivity index (χ2v) is 8.05. The van der Waals surface area contributed by atoms with E-state index in [1.165, 1.54) is 0 Å². The number of benzene rings is 1. The van der Waals surface area contributed by atoms with Gasteiger partial charge in [0.2, 0.25) is 5.91 Å². The van der Waals surface area contributed by atoms with Gasteiger partial charge in [-0.2, -0.15) is 8.78 Å². The molecule has 1 saturated heterocycles. The molecular formula is C17H22F2N2O2S. The van der Waals surface area contributed by atoms with Gasteiger partial charge in [0.15, 0.2) is 0 Å². The first-order chi connectivity index (χ1) is 11.3. The van der Waals surface area contributed by atoms with Crippen molar-refractivity contribution in [3.63, 3.8) is 0 Å². The van der Waals surface area contributed by atoms with Crippen LogP contribution in [0.4, 0.5) is 14.5 Å². The van der Waals surface area contributed by atoms with E-state index in [9.17, 15) is 13.6 Å². The lowest BCUT2D eigenvalue weighted by atomic mass is 9.46. The third kappa shape index (κ3) is 2.72. The maximum atomic E-state index is 12.8. The first kappa shape index (κ1) is 17.6. The van der Waals surface area contributed by atoms with Crippen LogP contribution in [-0.4, -0.2) is 29.9 Å². The van der Waals surface area contributed by atoms with Gasteiger partial charge in [-0.1, -0.05) is 25.6 Å². The summed E-state index contributed by atoms with van der Waals surface area (Å²) in [6, 6.07) is 6.36. The van der Waals surface area contributed by atoms with E-state index < -0.39 is 16.7 Å². The molecule has 0 aromatic heterocycles. The number of hydrogen-bond acceptors (Lipinski definition) is 4. The molecule has 1 aromatic carbocycles. The second-order valence-electron chi connectivity index (χ2n) is 6.99. The van der Waals surface area contributed by atoms with Gasteiger partial charge in [-0.05, 0) is 37.1 Å². The van der Waals surface area contributed by atoms with E-state index in [0.717, 1.165) is 12.8 Å². The third-order valence-corrected chi connectivity index (χ3v) is 6.12. The first-order valence-electron chi connectivity index (χ1n) is 8.03. The Morgan fingerprint density at radius 3 is 2.67 bits per heavy atom. The average molecular weight is 356 g/mol. The van der Waals surface area contributed by atoms with Gasteiger partial charge in [0, 0.05) is 28.5 Å². The quantitative estimate of drug-likeness (QED) is 0.811. The van der Waals surface area contributed by atoms with E-state index in [2.05, 4.69) is 5.32 Å². The number of nitrogens with two attached hydrogens (primary N) is 1. The molecule has 3 atom stereocenters. The summed E-state index contributed by atoms with van der Waals surface area (Å²) >= 11 is 0.475. The van der Waals surface area contributed by atoms with Gasteiger partial charge >= 0.3 is 0 Å². The minimum atomic E-state index is -2.46. The van der Waals surface area contributed by atoms with Crippen LogP contribution in [0.5, 0.6) is 0 Å². The van der Waals surface area contributed by atoms with Crippen LogP contribution in [0.1, 0.15) is 26.7 Å². The number of anilines is 1. The summed E-state index contributed by atoms with van der Waals surface area (Å²) in [4.78, 5) is 13.3. The van der Waals surface area contributed by atoms with E-state index in [-0.39, 0.29) is 17.9 Å². The molecule has 0 radical (unpaired) electrons. The van der Waals surface area contributed by atoms with Gasteiger partial charge in [0.05, 0.1) is 6.10 Å². The first-order valence-corrected chi connectivity index (χ1v) is 8.91. The van der Waals surface area contributed by atoms with Gasteiger partial charge < -0.3 is 15.8 Å². The predicted molar refractivity (Wildman–Crippen MR) is 90.1 cm³/mol. The number of carbonyl (C=O) groups excluding carboxylic acids is 1. The number of hydrogen-bond donors (Lipinski definition) is 2. The van der Waals surface area contributed by atoms with Gasteiger partial charge in [-0.3, -0.25) is 4.79 Å². The molecule has 1 aromatic rings. The molecule has 0 spiro atoms. The molecule has 1 heterocycles. The van der Waals surface area contributed by atoms with Crippen molar-refractivity contribution in [1.29, 1.82) is 0 Å². The van der Waals surface area contributed by atoms with Crippen LogP contribution in [-0.2, 0) is 9.53 Å². The smallest absolute Gasteiger partial charge is 0.288 e. The molecular weight excluding hydrogens is 334 g/mol. The van der Waals surface area contributed by atoms with Crippen LogP contribution in [0.25, 0.3) is 0 Å². The zero-order valence-corrected chi connectivity index (χ0v) is 14.5.